The molecule has 3 aromatic heterocycles. The number of rotatable bonds is 5. The van der Waals surface area contributed by atoms with Crippen molar-refractivity contribution < 1.29 is 9.53 Å². The second-order valence-corrected chi connectivity index (χ2v) is 8.39. The first-order valence-electron chi connectivity index (χ1n) is 9.40. The highest BCUT2D eigenvalue weighted by Gasteiger charge is 2.25. The van der Waals surface area contributed by atoms with Gasteiger partial charge in [-0.3, -0.25) is 9.97 Å². The average Bonchev–Trinajstić information content (AvgIpc) is 2.64. The molecular formula is C21H26N6O2. The van der Waals surface area contributed by atoms with Crippen LogP contribution in [-0.2, 0) is 4.74 Å². The van der Waals surface area contributed by atoms with E-state index in [9.17, 15) is 4.79 Å². The molecule has 3 heterocycles. The van der Waals surface area contributed by atoms with E-state index in [2.05, 4.69) is 25.6 Å². The molecule has 0 saturated heterocycles. The van der Waals surface area contributed by atoms with E-state index in [-0.39, 0.29) is 0 Å². The number of carbonyl (C=O) groups excluding carboxylic acids is 1. The Hall–Kier alpha value is -3.29. The fraction of sp³-hybridized carbons (Fsp3) is 0.381. The molecule has 29 heavy (non-hydrogen) atoms. The van der Waals surface area contributed by atoms with Crippen molar-refractivity contribution in [1.29, 1.82) is 0 Å². The Kier molecular flexibility index (Phi) is 5.63. The van der Waals surface area contributed by atoms with Gasteiger partial charge in [0, 0.05) is 36.1 Å². The topological polar surface area (TPSA) is 102 Å². The summed E-state index contributed by atoms with van der Waals surface area (Å²) in [6.45, 7) is 9.77. The number of amides is 1. The molecule has 0 aliphatic rings. The first kappa shape index (κ1) is 20.4. The van der Waals surface area contributed by atoms with E-state index in [1.807, 2.05) is 52.8 Å². The smallest absolute Gasteiger partial charge is 0.408 e. The molecule has 3 aromatic rings. The Morgan fingerprint density at radius 2 is 1.69 bits per heavy atom. The highest BCUT2D eigenvalue weighted by atomic mass is 16.6. The number of alkyl carbamates (subject to hydrolysis) is 1. The predicted octanol–water partition coefficient (Wildman–Crippen LogP) is 3.80. The monoisotopic (exact) mass is 394 g/mol. The van der Waals surface area contributed by atoms with Gasteiger partial charge < -0.3 is 15.4 Å². The Morgan fingerprint density at radius 1 is 1.00 bits per heavy atom. The van der Waals surface area contributed by atoms with Crippen LogP contribution in [0.5, 0.6) is 0 Å². The molecule has 0 aliphatic heterocycles. The number of nitrogens with zero attached hydrogens (tertiary/aromatic N) is 4. The maximum atomic E-state index is 12.1. The quantitative estimate of drug-likeness (QED) is 0.678. The van der Waals surface area contributed by atoms with Crippen molar-refractivity contribution in [2.45, 2.75) is 45.8 Å². The third-order valence-corrected chi connectivity index (χ3v) is 3.97. The number of hydrogen-bond donors (Lipinski definition) is 2. The Bertz CT molecular complexity index is 999. The fourth-order valence-corrected chi connectivity index (χ4v) is 2.67. The summed E-state index contributed by atoms with van der Waals surface area (Å²) in [6, 6.07) is 5.58. The van der Waals surface area contributed by atoms with Crippen LogP contribution in [0.3, 0.4) is 0 Å². The molecule has 8 nitrogen and oxygen atoms in total. The van der Waals surface area contributed by atoms with E-state index in [0.29, 0.717) is 18.2 Å². The lowest BCUT2D eigenvalue weighted by Crippen LogP contribution is -2.50. The molecular weight excluding hydrogens is 368 g/mol. The molecule has 0 aliphatic carbocycles. The number of ether oxygens (including phenoxy) is 1. The summed E-state index contributed by atoms with van der Waals surface area (Å²) in [4.78, 5) is 29.6. The number of anilines is 1. The van der Waals surface area contributed by atoms with Crippen LogP contribution in [0, 0.1) is 0 Å². The van der Waals surface area contributed by atoms with E-state index in [4.69, 9.17) is 9.72 Å². The van der Waals surface area contributed by atoms with E-state index < -0.39 is 17.2 Å². The summed E-state index contributed by atoms with van der Waals surface area (Å²) < 4.78 is 5.36. The number of pyridine rings is 2. The van der Waals surface area contributed by atoms with Gasteiger partial charge in [0.2, 0.25) is 0 Å². The molecule has 0 saturated carbocycles. The van der Waals surface area contributed by atoms with Gasteiger partial charge in [0.15, 0.2) is 5.82 Å². The highest BCUT2D eigenvalue weighted by molar-refractivity contribution is 5.90. The van der Waals surface area contributed by atoms with E-state index in [0.717, 1.165) is 16.5 Å². The van der Waals surface area contributed by atoms with Crippen molar-refractivity contribution in [1.82, 2.24) is 25.3 Å². The van der Waals surface area contributed by atoms with Crippen molar-refractivity contribution in [2.24, 2.45) is 0 Å². The molecule has 0 spiro atoms. The lowest BCUT2D eigenvalue weighted by molar-refractivity contribution is 0.0478. The zero-order valence-electron chi connectivity index (χ0n) is 17.4. The van der Waals surface area contributed by atoms with Crippen molar-refractivity contribution >= 4 is 22.8 Å². The molecule has 152 valence electrons. The number of hydrogen-bond acceptors (Lipinski definition) is 7. The first-order valence-corrected chi connectivity index (χ1v) is 9.40. The summed E-state index contributed by atoms with van der Waals surface area (Å²) in [5.74, 6) is 1.25. The van der Waals surface area contributed by atoms with Gasteiger partial charge in [-0.1, -0.05) is 0 Å². The normalized spacial score (nSPS) is 11.9. The fourth-order valence-electron chi connectivity index (χ4n) is 2.67. The Balaban J connectivity index is 1.83. The van der Waals surface area contributed by atoms with Gasteiger partial charge in [-0.05, 0) is 52.8 Å². The second-order valence-electron chi connectivity index (χ2n) is 8.39. The van der Waals surface area contributed by atoms with Crippen LogP contribution in [0.15, 0.2) is 43.0 Å². The molecule has 0 fully saturated rings. The lowest BCUT2D eigenvalue weighted by Gasteiger charge is -2.29. The van der Waals surface area contributed by atoms with Gasteiger partial charge in [-0.2, -0.15) is 0 Å². The molecule has 2 N–H and O–H groups in total. The van der Waals surface area contributed by atoms with E-state index in [1.54, 1.807) is 24.8 Å². The van der Waals surface area contributed by atoms with Crippen LogP contribution in [0.25, 0.3) is 22.3 Å². The number of fused-ring (bicyclic) bond motifs is 1. The first-order chi connectivity index (χ1) is 13.6. The number of aromatic nitrogens is 4. The molecule has 0 radical (unpaired) electrons. The van der Waals surface area contributed by atoms with E-state index in [1.165, 1.54) is 0 Å². The van der Waals surface area contributed by atoms with Crippen LogP contribution in [-0.4, -0.2) is 43.7 Å². The second kappa shape index (κ2) is 7.98. The summed E-state index contributed by atoms with van der Waals surface area (Å²) in [6.07, 6.45) is 6.35. The zero-order valence-corrected chi connectivity index (χ0v) is 17.4. The summed E-state index contributed by atoms with van der Waals surface area (Å²) >= 11 is 0. The summed E-state index contributed by atoms with van der Waals surface area (Å²) in [5, 5.41) is 7.08. The number of carbonyl (C=O) groups is 1. The van der Waals surface area contributed by atoms with Crippen LogP contribution in [0.1, 0.15) is 34.6 Å². The largest absolute Gasteiger partial charge is 0.444 e. The third-order valence-electron chi connectivity index (χ3n) is 3.97. The molecule has 0 atom stereocenters. The lowest BCUT2D eigenvalue weighted by atomic mass is 10.1. The number of nitrogens with one attached hydrogen (secondary N) is 2. The maximum absolute atomic E-state index is 12.1. The Morgan fingerprint density at radius 3 is 2.38 bits per heavy atom. The van der Waals surface area contributed by atoms with Gasteiger partial charge in [0.25, 0.3) is 0 Å². The SMILES string of the molecule is CC(C)(CNc1nc(-c2ccncc2)nc2cnccc12)NC(=O)OC(C)(C)C. The summed E-state index contributed by atoms with van der Waals surface area (Å²) in [5.41, 5.74) is 0.474. The minimum Gasteiger partial charge on any atom is -0.444 e. The molecule has 3 rings (SSSR count). The zero-order chi connectivity index (χ0) is 21.1. The van der Waals surface area contributed by atoms with Gasteiger partial charge in [0.05, 0.1) is 17.3 Å². The maximum Gasteiger partial charge on any atom is 0.408 e. The van der Waals surface area contributed by atoms with Crippen molar-refractivity contribution in [3.8, 4) is 11.4 Å². The molecule has 8 heteroatoms. The average molecular weight is 394 g/mol. The van der Waals surface area contributed by atoms with Crippen LogP contribution < -0.4 is 10.6 Å². The third kappa shape index (κ3) is 5.60. The molecule has 1 amide bonds. The summed E-state index contributed by atoms with van der Waals surface area (Å²) in [7, 11) is 0. The van der Waals surface area contributed by atoms with E-state index >= 15 is 0 Å². The standard InChI is InChI=1S/C21H26N6O2/c1-20(2,3)29-19(28)27-21(4,5)13-24-18-15-8-11-23-12-16(15)25-17(26-18)14-6-9-22-10-7-14/h6-12H,13H2,1-5H3,(H,27,28)(H,24,25,26). The van der Waals surface area contributed by atoms with Crippen LogP contribution >= 0.6 is 0 Å². The minimum absolute atomic E-state index is 0.441. The van der Waals surface area contributed by atoms with Gasteiger partial charge in [-0.25, -0.2) is 14.8 Å². The van der Waals surface area contributed by atoms with Gasteiger partial charge >= 0.3 is 6.09 Å². The predicted molar refractivity (Wildman–Crippen MR) is 113 cm³/mol. The van der Waals surface area contributed by atoms with Crippen molar-refractivity contribution in [2.75, 3.05) is 11.9 Å². The minimum atomic E-state index is -0.566. The van der Waals surface area contributed by atoms with Gasteiger partial charge in [-0.15, -0.1) is 0 Å². The Labute approximate surface area is 170 Å². The van der Waals surface area contributed by atoms with Crippen LogP contribution in [0.2, 0.25) is 0 Å². The van der Waals surface area contributed by atoms with Gasteiger partial charge in [0.1, 0.15) is 11.4 Å². The molecule has 0 aromatic carbocycles. The molecule has 0 bridgehead atoms. The van der Waals surface area contributed by atoms with Crippen LogP contribution in [0.4, 0.5) is 10.6 Å². The van der Waals surface area contributed by atoms with Crippen molar-refractivity contribution in [3.63, 3.8) is 0 Å². The van der Waals surface area contributed by atoms with Crippen molar-refractivity contribution in [3.05, 3.63) is 43.0 Å². The molecule has 0 unspecified atom stereocenters. The highest BCUT2D eigenvalue weighted by Crippen LogP contribution is 2.24.